The van der Waals surface area contributed by atoms with Gasteiger partial charge in [0.05, 0.1) is 21.5 Å². The van der Waals surface area contributed by atoms with E-state index in [9.17, 15) is 18.0 Å². The van der Waals surface area contributed by atoms with E-state index in [4.69, 9.17) is 18.0 Å². The standard InChI is InChI=1S/C21H22F3N5OS2/c1-28-6-8-29(9-7-28)13-15-3-2-14(10-18(15)21(22,23)24)19(30)27-20-26-12-17(32-20)5-4-16(31)11-25/h2-3,10,12H,6-9,11,13,25H2,1H3,(H,26,27,30). The number of nitrogens with one attached hydrogen (secondary N) is 1. The van der Waals surface area contributed by atoms with Crippen molar-refractivity contribution >= 4 is 39.5 Å². The van der Waals surface area contributed by atoms with Gasteiger partial charge in [0.1, 0.15) is 0 Å². The number of thiazole rings is 1. The summed E-state index contributed by atoms with van der Waals surface area (Å²) in [5.41, 5.74) is 4.65. The van der Waals surface area contributed by atoms with Crippen LogP contribution >= 0.6 is 23.6 Å². The average molecular weight is 482 g/mol. The van der Waals surface area contributed by atoms with Gasteiger partial charge in [-0.15, -0.1) is 0 Å². The van der Waals surface area contributed by atoms with Gasteiger partial charge < -0.3 is 10.6 Å². The highest BCUT2D eigenvalue weighted by Gasteiger charge is 2.34. The van der Waals surface area contributed by atoms with E-state index in [0.717, 1.165) is 30.5 Å². The molecule has 1 aliphatic rings. The van der Waals surface area contributed by atoms with Gasteiger partial charge >= 0.3 is 6.18 Å². The number of nitrogens with two attached hydrogens (primary N) is 1. The summed E-state index contributed by atoms with van der Waals surface area (Å²) >= 11 is 6.02. The van der Waals surface area contributed by atoms with Crippen LogP contribution in [0.3, 0.4) is 0 Å². The molecule has 3 rings (SSSR count). The zero-order valence-corrected chi connectivity index (χ0v) is 19.0. The zero-order chi connectivity index (χ0) is 23.3. The first-order chi connectivity index (χ1) is 15.2. The fourth-order valence-electron chi connectivity index (χ4n) is 3.11. The van der Waals surface area contributed by atoms with E-state index < -0.39 is 17.6 Å². The molecule has 0 saturated carbocycles. The lowest BCUT2D eigenvalue weighted by Gasteiger charge is -2.33. The number of benzene rings is 1. The van der Waals surface area contributed by atoms with Gasteiger partial charge in [0, 0.05) is 44.8 Å². The third kappa shape index (κ3) is 6.57. The van der Waals surface area contributed by atoms with Crippen LogP contribution in [0.5, 0.6) is 0 Å². The van der Waals surface area contributed by atoms with Crippen LogP contribution in [0.15, 0.2) is 24.4 Å². The second kappa shape index (κ2) is 10.5. The Kier molecular flexibility index (Phi) is 7.97. The van der Waals surface area contributed by atoms with Crippen LogP contribution in [-0.4, -0.2) is 65.3 Å². The summed E-state index contributed by atoms with van der Waals surface area (Å²) in [5, 5.41) is 2.75. The Morgan fingerprint density at radius 2 is 2.03 bits per heavy atom. The number of halogens is 3. The zero-order valence-electron chi connectivity index (χ0n) is 17.3. The first-order valence-electron chi connectivity index (χ1n) is 9.79. The monoisotopic (exact) mass is 481 g/mol. The number of likely N-dealkylation sites (N-methyl/N-ethyl adjacent to an activating group) is 1. The molecule has 2 aromatic rings. The summed E-state index contributed by atoms with van der Waals surface area (Å²) < 4.78 is 41.1. The maximum absolute atomic E-state index is 13.7. The van der Waals surface area contributed by atoms with Crippen LogP contribution in [0.2, 0.25) is 0 Å². The maximum Gasteiger partial charge on any atom is 0.416 e. The molecule has 11 heteroatoms. The van der Waals surface area contributed by atoms with Gasteiger partial charge in [-0.25, -0.2) is 4.98 Å². The summed E-state index contributed by atoms with van der Waals surface area (Å²) in [5.74, 6) is 4.81. The molecule has 0 bridgehead atoms. The fourth-order valence-corrected chi connectivity index (χ4v) is 3.82. The molecule has 0 aliphatic carbocycles. The lowest BCUT2D eigenvalue weighted by atomic mass is 10.0. The van der Waals surface area contributed by atoms with Gasteiger partial charge in [-0.05, 0) is 30.7 Å². The van der Waals surface area contributed by atoms with Crippen molar-refractivity contribution in [2.45, 2.75) is 12.7 Å². The highest BCUT2D eigenvalue weighted by Crippen LogP contribution is 2.33. The van der Waals surface area contributed by atoms with E-state index >= 15 is 0 Å². The maximum atomic E-state index is 13.7. The number of nitrogens with zero attached hydrogens (tertiary/aromatic N) is 3. The van der Waals surface area contributed by atoms with E-state index in [1.165, 1.54) is 18.3 Å². The molecule has 3 N–H and O–H groups in total. The van der Waals surface area contributed by atoms with Crippen LogP contribution in [0.25, 0.3) is 0 Å². The molecule has 1 aromatic carbocycles. The molecule has 1 aliphatic heterocycles. The Bertz CT molecular complexity index is 1050. The number of anilines is 1. The van der Waals surface area contributed by atoms with Gasteiger partial charge in [-0.3, -0.25) is 15.0 Å². The minimum absolute atomic E-state index is 0.0911. The molecule has 0 unspecified atom stereocenters. The van der Waals surface area contributed by atoms with Gasteiger partial charge in [0.2, 0.25) is 0 Å². The molecule has 1 saturated heterocycles. The number of aromatic nitrogens is 1. The second-order valence-corrected chi connectivity index (χ2v) is 8.83. The predicted octanol–water partition coefficient (Wildman–Crippen LogP) is 2.84. The lowest BCUT2D eigenvalue weighted by molar-refractivity contribution is -0.138. The molecule has 32 heavy (non-hydrogen) atoms. The van der Waals surface area contributed by atoms with Crippen molar-refractivity contribution in [3.05, 3.63) is 46.0 Å². The third-order valence-corrected chi connectivity index (χ3v) is 6.00. The van der Waals surface area contributed by atoms with E-state index in [2.05, 4.69) is 27.0 Å². The van der Waals surface area contributed by atoms with Crippen LogP contribution in [0.1, 0.15) is 26.4 Å². The first kappa shape index (κ1) is 24.3. The minimum Gasteiger partial charge on any atom is -0.325 e. The summed E-state index contributed by atoms with van der Waals surface area (Å²) in [6, 6.07) is 3.68. The van der Waals surface area contributed by atoms with Crippen LogP contribution < -0.4 is 11.1 Å². The SMILES string of the molecule is CN1CCN(Cc2ccc(C(=O)Nc3ncc(C#CC(=S)CN)s3)cc2C(F)(F)F)CC1. The Morgan fingerprint density at radius 3 is 2.69 bits per heavy atom. The van der Waals surface area contributed by atoms with Crippen LogP contribution in [-0.2, 0) is 12.7 Å². The van der Waals surface area contributed by atoms with Crippen molar-refractivity contribution in [3.8, 4) is 11.8 Å². The van der Waals surface area contributed by atoms with Crippen molar-refractivity contribution in [1.29, 1.82) is 0 Å². The Hall–Kier alpha value is -2.36. The van der Waals surface area contributed by atoms with E-state index in [-0.39, 0.29) is 29.3 Å². The quantitative estimate of drug-likeness (QED) is 0.506. The molecule has 6 nitrogen and oxygen atoms in total. The molecule has 2 heterocycles. The number of hydrogen-bond donors (Lipinski definition) is 2. The number of amides is 1. The van der Waals surface area contributed by atoms with Crippen molar-refractivity contribution in [3.63, 3.8) is 0 Å². The molecular weight excluding hydrogens is 459 g/mol. The predicted molar refractivity (Wildman–Crippen MR) is 123 cm³/mol. The Balaban J connectivity index is 1.74. The smallest absolute Gasteiger partial charge is 0.325 e. The van der Waals surface area contributed by atoms with Gasteiger partial charge in [-0.2, -0.15) is 13.2 Å². The number of carbonyl (C=O) groups excluding carboxylic acids is 1. The number of alkyl halides is 3. The molecule has 1 amide bonds. The Morgan fingerprint density at radius 1 is 1.31 bits per heavy atom. The topological polar surface area (TPSA) is 74.5 Å². The number of thiocarbonyl (C=S) groups is 1. The normalized spacial score (nSPS) is 15.2. The largest absolute Gasteiger partial charge is 0.416 e. The second-order valence-electron chi connectivity index (χ2n) is 7.31. The van der Waals surface area contributed by atoms with Gasteiger partial charge in [-0.1, -0.05) is 35.5 Å². The molecule has 170 valence electrons. The fraction of sp³-hybridized carbons (Fsp3) is 0.381. The summed E-state index contributed by atoms with van der Waals surface area (Å²) in [6.45, 7) is 3.35. The number of rotatable bonds is 5. The number of hydrogen-bond acceptors (Lipinski definition) is 7. The van der Waals surface area contributed by atoms with E-state index in [0.29, 0.717) is 22.8 Å². The minimum atomic E-state index is -4.57. The molecular formula is C21H22F3N5OS2. The van der Waals surface area contributed by atoms with Gasteiger partial charge in [0.25, 0.3) is 5.91 Å². The molecule has 0 atom stereocenters. The van der Waals surface area contributed by atoms with E-state index in [1.807, 2.05) is 11.9 Å². The summed E-state index contributed by atoms with van der Waals surface area (Å²) in [4.78, 5) is 21.6. The van der Waals surface area contributed by atoms with Crippen molar-refractivity contribution in [1.82, 2.24) is 14.8 Å². The van der Waals surface area contributed by atoms with Crippen molar-refractivity contribution < 1.29 is 18.0 Å². The summed E-state index contributed by atoms with van der Waals surface area (Å²) in [6.07, 6.45) is -3.11. The third-order valence-electron chi connectivity index (χ3n) is 4.90. The average Bonchev–Trinajstić information content (AvgIpc) is 3.20. The highest BCUT2D eigenvalue weighted by atomic mass is 32.1. The van der Waals surface area contributed by atoms with Crippen LogP contribution in [0, 0.1) is 11.8 Å². The number of carbonyl (C=O) groups is 1. The molecule has 1 fully saturated rings. The first-order valence-corrected chi connectivity index (χ1v) is 11.0. The lowest BCUT2D eigenvalue weighted by Crippen LogP contribution is -2.44. The van der Waals surface area contributed by atoms with Crippen molar-refractivity contribution in [2.75, 3.05) is 45.1 Å². The summed E-state index contributed by atoms with van der Waals surface area (Å²) in [7, 11) is 1.98. The highest BCUT2D eigenvalue weighted by molar-refractivity contribution is 7.81. The van der Waals surface area contributed by atoms with Crippen LogP contribution in [0.4, 0.5) is 18.3 Å². The van der Waals surface area contributed by atoms with Gasteiger partial charge in [0.15, 0.2) is 5.13 Å². The molecule has 0 spiro atoms. The molecule has 0 radical (unpaired) electrons. The molecule has 1 aromatic heterocycles. The van der Waals surface area contributed by atoms with Crippen molar-refractivity contribution in [2.24, 2.45) is 5.73 Å². The Labute approximate surface area is 193 Å². The van der Waals surface area contributed by atoms with E-state index in [1.54, 1.807) is 0 Å². The number of piperazine rings is 1.